The zero-order chi connectivity index (χ0) is 21.2. The van der Waals surface area contributed by atoms with Gasteiger partial charge in [0.05, 0.1) is 12.4 Å². The number of aromatic nitrogens is 2. The molecule has 0 aliphatic carbocycles. The van der Waals surface area contributed by atoms with Gasteiger partial charge in [-0.2, -0.15) is 0 Å². The van der Waals surface area contributed by atoms with Crippen LogP contribution < -0.4 is 5.73 Å². The first-order valence-corrected chi connectivity index (χ1v) is 11.3. The molecule has 1 aliphatic rings. The third kappa shape index (κ3) is 4.23. The molecule has 4 rings (SSSR count). The molecule has 2 N–H and O–H groups in total. The molecule has 2 aromatic carbocycles. The van der Waals surface area contributed by atoms with E-state index in [9.17, 15) is 0 Å². The Bertz CT molecular complexity index is 965. The van der Waals surface area contributed by atoms with Crippen LogP contribution in [0.5, 0.6) is 0 Å². The number of aryl methyl sites for hydroxylation is 1. The summed E-state index contributed by atoms with van der Waals surface area (Å²) in [6.07, 6.45) is 7.51. The Balaban J connectivity index is 1.62. The fourth-order valence-electron chi connectivity index (χ4n) is 3.78. The van der Waals surface area contributed by atoms with Crippen LogP contribution in [0.2, 0.25) is 5.02 Å². The Morgan fingerprint density at radius 2 is 1.90 bits per heavy atom. The molecule has 3 atom stereocenters. The van der Waals surface area contributed by atoms with Crippen molar-refractivity contribution in [2.24, 2.45) is 0 Å². The van der Waals surface area contributed by atoms with Gasteiger partial charge in [0.1, 0.15) is 4.93 Å². The molecule has 0 amide bonds. The molecule has 1 aromatic heterocycles. The van der Waals surface area contributed by atoms with Gasteiger partial charge in [-0.3, -0.25) is 4.57 Å². The average Bonchev–Trinajstić information content (AvgIpc) is 3.38. The number of imidazole rings is 1. The molecule has 5 nitrogen and oxygen atoms in total. The Kier molecular flexibility index (Phi) is 6.11. The highest BCUT2D eigenvalue weighted by atomic mass is 35.5. The van der Waals surface area contributed by atoms with E-state index in [2.05, 4.69) is 18.8 Å². The van der Waals surface area contributed by atoms with Gasteiger partial charge in [-0.15, -0.1) is 0 Å². The van der Waals surface area contributed by atoms with Gasteiger partial charge in [0.25, 0.3) is 5.91 Å². The second kappa shape index (κ2) is 8.63. The number of benzene rings is 2. The molecule has 7 heteroatoms. The van der Waals surface area contributed by atoms with Crippen LogP contribution in [0, 0.1) is 0 Å². The van der Waals surface area contributed by atoms with E-state index in [-0.39, 0.29) is 6.10 Å². The minimum absolute atomic E-state index is 0.127. The highest BCUT2D eigenvalue weighted by molar-refractivity contribution is 8.00. The van der Waals surface area contributed by atoms with Gasteiger partial charge in [0.2, 0.25) is 0 Å². The predicted octanol–water partition coefficient (Wildman–Crippen LogP) is 5.70. The topological polar surface area (TPSA) is 62.3 Å². The Hall–Kier alpha value is -1.99. The van der Waals surface area contributed by atoms with Crippen LogP contribution in [0.4, 0.5) is 5.69 Å². The summed E-state index contributed by atoms with van der Waals surface area (Å²) in [5.41, 5.74) is 7.78. The van der Waals surface area contributed by atoms with Crippen LogP contribution >= 0.6 is 23.4 Å². The van der Waals surface area contributed by atoms with E-state index >= 15 is 0 Å². The number of anilines is 1. The van der Waals surface area contributed by atoms with E-state index in [0.717, 1.165) is 28.4 Å². The smallest absolute Gasteiger partial charge is 0.258 e. The van der Waals surface area contributed by atoms with Gasteiger partial charge in [-0.25, -0.2) is 4.98 Å². The summed E-state index contributed by atoms with van der Waals surface area (Å²) in [6.45, 7) is 4.21. The van der Waals surface area contributed by atoms with Gasteiger partial charge >= 0.3 is 0 Å². The normalized spacial score (nSPS) is 26.2. The maximum absolute atomic E-state index is 6.83. The van der Waals surface area contributed by atoms with Crippen molar-refractivity contribution < 1.29 is 9.47 Å². The van der Waals surface area contributed by atoms with Crippen molar-refractivity contribution in [3.8, 4) is 0 Å². The fraction of sp³-hybridized carbons (Fsp3) is 0.348. The van der Waals surface area contributed by atoms with Crippen molar-refractivity contribution in [2.75, 3.05) is 5.73 Å². The minimum atomic E-state index is -0.924. The fourth-order valence-corrected chi connectivity index (χ4v) is 5.11. The lowest BCUT2D eigenvalue weighted by Gasteiger charge is -2.33. The lowest BCUT2D eigenvalue weighted by atomic mass is 10.1. The van der Waals surface area contributed by atoms with Crippen molar-refractivity contribution in [1.29, 1.82) is 0 Å². The van der Waals surface area contributed by atoms with Gasteiger partial charge in [-0.1, -0.05) is 42.4 Å². The molecule has 0 saturated carbocycles. The molecule has 3 aromatic rings. The quantitative estimate of drug-likeness (QED) is 0.475. The number of hydrogen-bond acceptors (Lipinski definition) is 5. The Morgan fingerprint density at radius 1 is 1.17 bits per heavy atom. The van der Waals surface area contributed by atoms with Crippen molar-refractivity contribution in [2.45, 2.75) is 55.0 Å². The molecular weight excluding hydrogens is 418 g/mol. The summed E-state index contributed by atoms with van der Waals surface area (Å²) in [5, 5.41) is 0.731. The Morgan fingerprint density at radius 3 is 2.53 bits per heavy atom. The second-order valence-electron chi connectivity index (χ2n) is 7.51. The molecular formula is C23H26ClN3O2S. The number of rotatable bonds is 7. The van der Waals surface area contributed by atoms with Crippen LogP contribution in [0.25, 0.3) is 0 Å². The van der Waals surface area contributed by atoms with E-state index in [4.69, 9.17) is 26.8 Å². The summed E-state index contributed by atoms with van der Waals surface area (Å²) >= 11 is 7.72. The van der Waals surface area contributed by atoms with Crippen molar-refractivity contribution >= 4 is 29.1 Å². The monoisotopic (exact) mass is 443 g/mol. The average molecular weight is 444 g/mol. The minimum Gasteiger partial charge on any atom is -0.399 e. The van der Waals surface area contributed by atoms with Crippen LogP contribution in [-0.4, -0.2) is 20.6 Å². The molecule has 0 bridgehead atoms. The van der Waals surface area contributed by atoms with Gasteiger partial charge < -0.3 is 15.2 Å². The van der Waals surface area contributed by atoms with E-state index in [1.807, 2.05) is 59.3 Å². The third-order valence-electron chi connectivity index (χ3n) is 5.52. The Labute approximate surface area is 186 Å². The van der Waals surface area contributed by atoms with Crippen molar-refractivity contribution in [1.82, 2.24) is 9.55 Å². The second-order valence-corrected chi connectivity index (χ2v) is 9.31. The summed E-state index contributed by atoms with van der Waals surface area (Å²) < 4.78 is 15.3. The SMILES string of the molecule is CC[C@@]1(Sc2ccc(N)cc2)O[C@@](CCc2ccc(Cl)cc2)(n2ccnc2)OC1C. The third-order valence-corrected chi connectivity index (χ3v) is 7.33. The number of hydrogen-bond donors (Lipinski definition) is 1. The number of ether oxygens (including phenoxy) is 2. The van der Waals surface area contributed by atoms with Crippen LogP contribution in [0.15, 0.2) is 72.1 Å². The first kappa shape index (κ1) is 21.2. The van der Waals surface area contributed by atoms with Gasteiger partial charge in [0.15, 0.2) is 0 Å². The van der Waals surface area contributed by atoms with Gasteiger partial charge in [-0.05, 0) is 61.7 Å². The van der Waals surface area contributed by atoms with Crippen LogP contribution in [0.1, 0.15) is 32.3 Å². The highest BCUT2D eigenvalue weighted by Crippen LogP contribution is 2.52. The predicted molar refractivity (Wildman–Crippen MR) is 121 cm³/mol. The largest absolute Gasteiger partial charge is 0.399 e. The molecule has 1 fully saturated rings. The zero-order valence-electron chi connectivity index (χ0n) is 17.1. The number of halogens is 1. The number of nitrogens with zero attached hydrogens (tertiary/aromatic N) is 2. The highest BCUT2D eigenvalue weighted by Gasteiger charge is 2.56. The zero-order valence-corrected chi connectivity index (χ0v) is 18.7. The summed E-state index contributed by atoms with van der Waals surface area (Å²) in [7, 11) is 0. The molecule has 1 unspecified atom stereocenters. The van der Waals surface area contributed by atoms with E-state index < -0.39 is 10.8 Å². The number of nitrogen functional groups attached to an aromatic ring is 1. The maximum Gasteiger partial charge on any atom is 0.258 e. The molecule has 1 aliphatic heterocycles. The van der Waals surface area contributed by atoms with Crippen molar-refractivity contribution in [3.63, 3.8) is 0 Å². The van der Waals surface area contributed by atoms with Crippen LogP contribution in [-0.2, 0) is 21.8 Å². The maximum atomic E-state index is 6.83. The van der Waals surface area contributed by atoms with Gasteiger partial charge in [0, 0.05) is 34.4 Å². The van der Waals surface area contributed by atoms with E-state index in [1.165, 1.54) is 5.56 Å². The molecule has 1 saturated heterocycles. The number of thioether (sulfide) groups is 1. The first-order valence-electron chi connectivity index (χ1n) is 10.1. The summed E-state index contributed by atoms with van der Waals surface area (Å²) in [4.78, 5) is 4.81. The summed E-state index contributed by atoms with van der Waals surface area (Å²) in [6, 6.07) is 15.8. The van der Waals surface area contributed by atoms with E-state index in [1.54, 1.807) is 24.3 Å². The molecule has 2 heterocycles. The summed E-state index contributed by atoms with van der Waals surface area (Å²) in [5.74, 6) is -0.924. The molecule has 30 heavy (non-hydrogen) atoms. The lowest BCUT2D eigenvalue weighted by molar-refractivity contribution is -0.246. The lowest BCUT2D eigenvalue weighted by Crippen LogP contribution is -2.38. The first-order chi connectivity index (χ1) is 14.4. The number of nitrogens with two attached hydrogens (primary N) is 1. The molecule has 0 spiro atoms. The van der Waals surface area contributed by atoms with Crippen LogP contribution in [0.3, 0.4) is 0 Å². The standard InChI is InChI=1S/C23H26ClN3O2S/c1-3-22(30-21-10-8-20(25)9-11-21)17(2)28-23(29-22,27-15-14-26-16-27)13-12-18-4-6-19(24)7-5-18/h4-11,14-17H,3,12-13,25H2,1-2H3/t17?,22-,23-/m0/s1. The van der Waals surface area contributed by atoms with E-state index in [0.29, 0.717) is 6.42 Å². The molecule has 0 radical (unpaired) electrons. The van der Waals surface area contributed by atoms with Crippen molar-refractivity contribution in [3.05, 3.63) is 77.8 Å². The molecule has 158 valence electrons.